The molecule has 0 saturated carbocycles. The Kier molecular flexibility index (Phi) is 5.86. The second kappa shape index (κ2) is 7.41. The molecule has 0 bridgehead atoms. The van der Waals surface area contributed by atoms with Crippen LogP contribution in [-0.4, -0.2) is 58.4 Å². The Hall–Kier alpha value is -2.03. The quantitative estimate of drug-likeness (QED) is 0.633. The van der Waals surface area contributed by atoms with Gasteiger partial charge in [-0.1, -0.05) is 0 Å². The lowest BCUT2D eigenvalue weighted by atomic mass is 10.3. The number of ether oxygens (including phenoxy) is 2. The molecule has 0 saturated heterocycles. The Bertz CT molecular complexity index is 433. The molecule has 1 heterocycles. The number of rotatable bonds is 7. The summed E-state index contributed by atoms with van der Waals surface area (Å²) in [6.07, 6.45) is 0. The molecule has 0 aromatic carbocycles. The second-order valence-corrected chi connectivity index (χ2v) is 3.80. The number of hydrogen-bond acceptors (Lipinski definition) is 7. The predicted octanol–water partition coefficient (Wildman–Crippen LogP) is -0.999. The number of nitrogens with one attached hydrogen (secondary N) is 1. The van der Waals surface area contributed by atoms with Gasteiger partial charge in [0.2, 0.25) is 5.91 Å². The Morgan fingerprint density at radius 3 is 2.84 bits per heavy atom. The van der Waals surface area contributed by atoms with E-state index in [-0.39, 0.29) is 30.9 Å². The van der Waals surface area contributed by atoms with E-state index >= 15 is 0 Å². The van der Waals surface area contributed by atoms with E-state index < -0.39 is 5.97 Å². The summed E-state index contributed by atoms with van der Waals surface area (Å²) in [7, 11) is 1.54. The zero-order chi connectivity index (χ0) is 14.3. The van der Waals surface area contributed by atoms with Gasteiger partial charge in [0.05, 0.1) is 13.2 Å². The number of carbonyl (C=O) groups excluding carboxylic acids is 2. The van der Waals surface area contributed by atoms with Crippen molar-refractivity contribution in [1.29, 1.82) is 0 Å². The minimum atomic E-state index is -0.662. The van der Waals surface area contributed by atoms with Crippen LogP contribution in [0.3, 0.4) is 0 Å². The maximum Gasteiger partial charge on any atom is 0.378 e. The van der Waals surface area contributed by atoms with E-state index in [0.29, 0.717) is 6.61 Å². The van der Waals surface area contributed by atoms with Crippen LogP contribution in [0.1, 0.15) is 24.5 Å². The number of methoxy groups -OCH3 is 1. The van der Waals surface area contributed by atoms with Crippen LogP contribution in [-0.2, 0) is 20.8 Å². The van der Waals surface area contributed by atoms with Gasteiger partial charge in [-0.3, -0.25) is 4.79 Å². The SMILES string of the molecule is CCOC(=O)c1nnnn1CC(=O)NC(C)COC. The predicted molar refractivity (Wildman–Crippen MR) is 63.3 cm³/mol. The number of esters is 1. The first-order chi connectivity index (χ1) is 9.08. The van der Waals surface area contributed by atoms with Gasteiger partial charge in [0.25, 0.3) is 5.82 Å². The Morgan fingerprint density at radius 2 is 2.21 bits per heavy atom. The number of amides is 1. The fraction of sp³-hybridized carbons (Fsp3) is 0.700. The van der Waals surface area contributed by atoms with E-state index in [1.54, 1.807) is 21.0 Å². The molecule has 1 atom stereocenters. The summed E-state index contributed by atoms with van der Waals surface area (Å²) in [5.41, 5.74) is 0. The molecule has 1 N–H and O–H groups in total. The summed E-state index contributed by atoms with van der Waals surface area (Å²) < 4.78 is 10.8. The van der Waals surface area contributed by atoms with E-state index in [1.807, 2.05) is 0 Å². The van der Waals surface area contributed by atoms with Gasteiger partial charge < -0.3 is 14.8 Å². The minimum absolute atomic E-state index is 0.101. The molecule has 1 aromatic rings. The third kappa shape index (κ3) is 4.62. The van der Waals surface area contributed by atoms with Crippen molar-refractivity contribution >= 4 is 11.9 Å². The largest absolute Gasteiger partial charge is 0.460 e. The van der Waals surface area contributed by atoms with Crippen LogP contribution >= 0.6 is 0 Å². The van der Waals surface area contributed by atoms with E-state index in [1.165, 1.54) is 0 Å². The van der Waals surface area contributed by atoms with Crippen molar-refractivity contribution in [2.24, 2.45) is 0 Å². The van der Waals surface area contributed by atoms with Gasteiger partial charge in [-0.2, -0.15) is 0 Å². The fourth-order valence-corrected chi connectivity index (χ4v) is 1.40. The lowest BCUT2D eigenvalue weighted by molar-refractivity contribution is -0.122. The van der Waals surface area contributed by atoms with Crippen molar-refractivity contribution in [3.63, 3.8) is 0 Å². The van der Waals surface area contributed by atoms with Crippen LogP contribution in [0, 0.1) is 0 Å². The number of nitrogens with zero attached hydrogens (tertiary/aromatic N) is 4. The van der Waals surface area contributed by atoms with Crippen molar-refractivity contribution in [1.82, 2.24) is 25.5 Å². The first kappa shape index (κ1) is 15.0. The number of tetrazole rings is 1. The molecule has 9 nitrogen and oxygen atoms in total. The van der Waals surface area contributed by atoms with Crippen molar-refractivity contribution in [3.8, 4) is 0 Å². The van der Waals surface area contributed by atoms with Gasteiger partial charge in [-0.15, -0.1) is 5.10 Å². The summed E-state index contributed by atoms with van der Waals surface area (Å²) in [5, 5.41) is 13.1. The molecular weight excluding hydrogens is 254 g/mol. The first-order valence-electron chi connectivity index (χ1n) is 5.80. The molecular formula is C10H17N5O4. The molecule has 0 aliphatic heterocycles. The van der Waals surface area contributed by atoms with E-state index in [2.05, 4.69) is 20.8 Å². The molecule has 0 aliphatic carbocycles. The van der Waals surface area contributed by atoms with Crippen molar-refractivity contribution < 1.29 is 19.1 Å². The molecule has 1 rings (SSSR count). The third-order valence-electron chi connectivity index (χ3n) is 2.11. The smallest absolute Gasteiger partial charge is 0.378 e. The molecule has 1 unspecified atom stereocenters. The molecule has 0 aliphatic rings. The average molecular weight is 271 g/mol. The lowest BCUT2D eigenvalue weighted by Crippen LogP contribution is -2.38. The standard InChI is InChI=1S/C10H17N5O4/c1-4-19-10(17)9-12-13-14-15(9)5-8(16)11-7(2)6-18-3/h7H,4-6H2,1-3H3,(H,11,16). The van der Waals surface area contributed by atoms with Gasteiger partial charge in [-0.25, -0.2) is 9.48 Å². The van der Waals surface area contributed by atoms with Gasteiger partial charge in [0, 0.05) is 13.2 Å². The van der Waals surface area contributed by atoms with E-state index in [9.17, 15) is 9.59 Å². The van der Waals surface area contributed by atoms with Crippen LogP contribution in [0.5, 0.6) is 0 Å². The third-order valence-corrected chi connectivity index (χ3v) is 2.11. The summed E-state index contributed by atoms with van der Waals surface area (Å²) in [5.74, 6) is -1.08. The van der Waals surface area contributed by atoms with Crippen LogP contribution in [0.25, 0.3) is 0 Å². The second-order valence-electron chi connectivity index (χ2n) is 3.80. The normalized spacial score (nSPS) is 11.9. The highest BCUT2D eigenvalue weighted by molar-refractivity contribution is 5.86. The number of carbonyl (C=O) groups is 2. The van der Waals surface area contributed by atoms with Crippen molar-refractivity contribution in [2.45, 2.75) is 26.4 Å². The highest BCUT2D eigenvalue weighted by atomic mass is 16.5. The Morgan fingerprint density at radius 1 is 1.47 bits per heavy atom. The molecule has 0 radical (unpaired) electrons. The molecule has 1 amide bonds. The topological polar surface area (TPSA) is 108 Å². The Labute approximate surface area is 110 Å². The van der Waals surface area contributed by atoms with Gasteiger partial charge >= 0.3 is 5.97 Å². The van der Waals surface area contributed by atoms with E-state index in [4.69, 9.17) is 9.47 Å². The van der Waals surface area contributed by atoms with Crippen molar-refractivity contribution in [3.05, 3.63) is 5.82 Å². The minimum Gasteiger partial charge on any atom is -0.460 e. The molecule has 106 valence electrons. The zero-order valence-corrected chi connectivity index (χ0v) is 11.1. The lowest BCUT2D eigenvalue weighted by Gasteiger charge is -2.12. The summed E-state index contributed by atoms with van der Waals surface area (Å²) in [6.45, 7) is 3.92. The maximum absolute atomic E-state index is 11.7. The monoisotopic (exact) mass is 271 g/mol. The van der Waals surface area contributed by atoms with Gasteiger partial charge in [0.1, 0.15) is 6.54 Å². The van der Waals surface area contributed by atoms with Crippen LogP contribution < -0.4 is 5.32 Å². The number of hydrogen-bond donors (Lipinski definition) is 1. The fourth-order valence-electron chi connectivity index (χ4n) is 1.40. The summed E-state index contributed by atoms with van der Waals surface area (Å²) >= 11 is 0. The van der Waals surface area contributed by atoms with Gasteiger partial charge in [-0.05, 0) is 24.3 Å². The van der Waals surface area contributed by atoms with Crippen molar-refractivity contribution in [2.75, 3.05) is 20.3 Å². The van der Waals surface area contributed by atoms with Gasteiger partial charge in [0.15, 0.2) is 0 Å². The zero-order valence-electron chi connectivity index (χ0n) is 11.1. The van der Waals surface area contributed by atoms with Crippen LogP contribution in [0.4, 0.5) is 0 Å². The highest BCUT2D eigenvalue weighted by Crippen LogP contribution is 1.96. The average Bonchev–Trinajstić information content (AvgIpc) is 2.77. The van der Waals surface area contributed by atoms with E-state index in [0.717, 1.165) is 4.68 Å². The molecule has 0 fully saturated rings. The molecule has 0 spiro atoms. The maximum atomic E-state index is 11.7. The Balaban J connectivity index is 2.60. The molecule has 19 heavy (non-hydrogen) atoms. The molecule has 9 heteroatoms. The van der Waals surface area contributed by atoms with Crippen LogP contribution in [0.15, 0.2) is 0 Å². The summed E-state index contributed by atoms with van der Waals surface area (Å²) in [6, 6.07) is -0.139. The molecule has 1 aromatic heterocycles. The van der Waals surface area contributed by atoms with Crippen LogP contribution in [0.2, 0.25) is 0 Å². The number of aromatic nitrogens is 4. The highest BCUT2D eigenvalue weighted by Gasteiger charge is 2.19. The summed E-state index contributed by atoms with van der Waals surface area (Å²) in [4.78, 5) is 23.2. The first-order valence-corrected chi connectivity index (χ1v) is 5.80.